The molecule has 86 valence electrons. The highest BCUT2D eigenvalue weighted by molar-refractivity contribution is 5.52. The van der Waals surface area contributed by atoms with Crippen LogP contribution in [0, 0.1) is 5.92 Å². The molecular formula is C12H23N3. The lowest BCUT2D eigenvalue weighted by Gasteiger charge is -2.31. The molecule has 0 aliphatic carbocycles. The average Bonchev–Trinajstić information content (AvgIpc) is 2.24. The van der Waals surface area contributed by atoms with Crippen molar-refractivity contribution in [3.05, 3.63) is 12.8 Å². The van der Waals surface area contributed by atoms with Crippen molar-refractivity contribution in [2.24, 2.45) is 11.0 Å². The van der Waals surface area contributed by atoms with Crippen LogP contribution >= 0.6 is 0 Å². The zero-order valence-corrected chi connectivity index (χ0v) is 10.0. The lowest BCUT2D eigenvalue weighted by molar-refractivity contribution is 0.169. The maximum Gasteiger partial charge on any atom is 0.0536 e. The van der Waals surface area contributed by atoms with Gasteiger partial charge in [-0.25, -0.2) is 0 Å². The summed E-state index contributed by atoms with van der Waals surface area (Å²) >= 11 is 0. The molecule has 1 aliphatic heterocycles. The maximum atomic E-state index is 4.21. The van der Waals surface area contributed by atoms with Crippen molar-refractivity contribution in [3.8, 4) is 0 Å². The number of rotatable bonds is 5. The molecule has 15 heavy (non-hydrogen) atoms. The summed E-state index contributed by atoms with van der Waals surface area (Å²) in [5, 5.41) is 6.11. The molecule has 1 heterocycles. The Hall–Kier alpha value is -0.830. The zero-order valence-electron chi connectivity index (χ0n) is 10.0. The van der Waals surface area contributed by atoms with Gasteiger partial charge >= 0.3 is 0 Å². The van der Waals surface area contributed by atoms with Gasteiger partial charge in [-0.3, -0.25) is 5.01 Å². The van der Waals surface area contributed by atoms with E-state index in [-0.39, 0.29) is 0 Å². The molecule has 0 N–H and O–H groups in total. The third kappa shape index (κ3) is 4.47. The molecule has 0 saturated carbocycles. The van der Waals surface area contributed by atoms with E-state index in [0.29, 0.717) is 0 Å². The van der Waals surface area contributed by atoms with Crippen LogP contribution in [0.3, 0.4) is 0 Å². The SMILES string of the molecule is C=CN(CCN1CCC[C@@H](C)C1)/N=C\C. The number of hydrogen-bond donors (Lipinski definition) is 0. The van der Waals surface area contributed by atoms with Crippen LogP contribution in [0.4, 0.5) is 0 Å². The second-order valence-electron chi connectivity index (χ2n) is 4.27. The van der Waals surface area contributed by atoms with E-state index in [0.717, 1.165) is 19.0 Å². The second-order valence-corrected chi connectivity index (χ2v) is 4.27. The van der Waals surface area contributed by atoms with Crippen molar-refractivity contribution in [3.63, 3.8) is 0 Å². The summed E-state index contributed by atoms with van der Waals surface area (Å²) in [5.74, 6) is 0.852. The fraction of sp³-hybridized carbons (Fsp3) is 0.750. The lowest BCUT2D eigenvalue weighted by Crippen LogP contribution is -2.38. The van der Waals surface area contributed by atoms with Crippen LogP contribution in [0.25, 0.3) is 0 Å². The number of nitrogens with zero attached hydrogens (tertiary/aromatic N) is 3. The fourth-order valence-electron chi connectivity index (χ4n) is 2.08. The first kappa shape index (κ1) is 12.2. The summed E-state index contributed by atoms with van der Waals surface area (Å²) in [6.45, 7) is 12.5. The van der Waals surface area contributed by atoms with E-state index in [2.05, 4.69) is 23.5 Å². The Balaban J connectivity index is 2.25. The first-order chi connectivity index (χ1) is 7.26. The van der Waals surface area contributed by atoms with Crippen molar-refractivity contribution in [1.29, 1.82) is 0 Å². The molecule has 1 atom stereocenters. The molecule has 3 heteroatoms. The van der Waals surface area contributed by atoms with Crippen LogP contribution in [0.2, 0.25) is 0 Å². The molecule has 0 bridgehead atoms. The summed E-state index contributed by atoms with van der Waals surface area (Å²) in [5.41, 5.74) is 0. The van der Waals surface area contributed by atoms with Crippen LogP contribution in [-0.4, -0.2) is 42.3 Å². The summed E-state index contributed by atoms with van der Waals surface area (Å²) in [6.07, 6.45) is 6.31. The summed E-state index contributed by atoms with van der Waals surface area (Å²) in [4.78, 5) is 2.52. The van der Waals surface area contributed by atoms with Crippen LogP contribution in [0.1, 0.15) is 26.7 Å². The molecule has 0 aromatic heterocycles. The highest BCUT2D eigenvalue weighted by Crippen LogP contribution is 2.14. The fourth-order valence-corrected chi connectivity index (χ4v) is 2.08. The molecule has 0 aromatic rings. The van der Waals surface area contributed by atoms with Crippen molar-refractivity contribution in [2.45, 2.75) is 26.7 Å². The van der Waals surface area contributed by atoms with E-state index in [4.69, 9.17) is 0 Å². The first-order valence-corrected chi connectivity index (χ1v) is 5.86. The number of hydrogen-bond acceptors (Lipinski definition) is 3. The van der Waals surface area contributed by atoms with E-state index in [9.17, 15) is 0 Å². The van der Waals surface area contributed by atoms with Gasteiger partial charge in [-0.1, -0.05) is 13.5 Å². The molecule has 1 rings (SSSR count). The lowest BCUT2D eigenvalue weighted by atomic mass is 10.0. The standard InChI is InChI=1S/C12H23N3/c1-4-13-15(5-2)10-9-14-8-6-7-12(3)11-14/h4-5,12H,2,6-11H2,1,3H3/b13-4-/t12-/m1/s1. The quantitative estimate of drug-likeness (QED) is 0.510. The smallest absolute Gasteiger partial charge is 0.0536 e. The van der Waals surface area contributed by atoms with E-state index in [1.165, 1.54) is 25.9 Å². The molecule has 1 fully saturated rings. The van der Waals surface area contributed by atoms with Crippen LogP contribution in [0.15, 0.2) is 17.9 Å². The third-order valence-electron chi connectivity index (χ3n) is 2.86. The monoisotopic (exact) mass is 209 g/mol. The molecule has 1 saturated heterocycles. The van der Waals surface area contributed by atoms with E-state index in [1.807, 2.05) is 11.9 Å². The Kier molecular flexibility index (Phi) is 5.40. The van der Waals surface area contributed by atoms with Gasteiger partial charge in [0.2, 0.25) is 0 Å². The van der Waals surface area contributed by atoms with Crippen LogP contribution in [-0.2, 0) is 0 Å². The van der Waals surface area contributed by atoms with E-state index < -0.39 is 0 Å². The minimum Gasteiger partial charge on any atom is -0.301 e. The van der Waals surface area contributed by atoms with Gasteiger partial charge in [0.05, 0.1) is 6.54 Å². The van der Waals surface area contributed by atoms with Crippen molar-refractivity contribution in [2.75, 3.05) is 26.2 Å². The maximum absolute atomic E-state index is 4.21. The molecule has 0 radical (unpaired) electrons. The van der Waals surface area contributed by atoms with Gasteiger partial charge < -0.3 is 4.90 Å². The minimum atomic E-state index is 0.852. The number of piperidine rings is 1. The molecule has 0 unspecified atom stereocenters. The van der Waals surface area contributed by atoms with Gasteiger partial charge in [-0.15, -0.1) is 0 Å². The predicted octanol–water partition coefficient (Wildman–Crippen LogP) is 2.17. The third-order valence-corrected chi connectivity index (χ3v) is 2.86. The van der Waals surface area contributed by atoms with Gasteiger partial charge in [0.25, 0.3) is 0 Å². The number of likely N-dealkylation sites (tertiary alicyclic amines) is 1. The number of hydrazone groups is 1. The topological polar surface area (TPSA) is 18.8 Å². The first-order valence-electron chi connectivity index (χ1n) is 5.86. The average molecular weight is 209 g/mol. The summed E-state index contributed by atoms with van der Waals surface area (Å²) in [7, 11) is 0. The van der Waals surface area contributed by atoms with Crippen molar-refractivity contribution in [1.82, 2.24) is 9.91 Å². The normalized spacial score (nSPS) is 23.2. The highest BCUT2D eigenvalue weighted by atomic mass is 15.4. The van der Waals surface area contributed by atoms with Crippen LogP contribution < -0.4 is 0 Å². The summed E-state index contributed by atoms with van der Waals surface area (Å²) in [6, 6.07) is 0. The molecule has 3 nitrogen and oxygen atoms in total. The van der Waals surface area contributed by atoms with Gasteiger partial charge in [0.15, 0.2) is 0 Å². The minimum absolute atomic E-state index is 0.852. The van der Waals surface area contributed by atoms with Crippen molar-refractivity contribution < 1.29 is 0 Å². The van der Waals surface area contributed by atoms with E-state index >= 15 is 0 Å². The molecule has 1 aliphatic rings. The predicted molar refractivity (Wildman–Crippen MR) is 65.9 cm³/mol. The van der Waals surface area contributed by atoms with Gasteiger partial charge in [-0.05, 0) is 32.2 Å². The Morgan fingerprint density at radius 2 is 2.40 bits per heavy atom. The Morgan fingerprint density at radius 3 is 3.00 bits per heavy atom. The van der Waals surface area contributed by atoms with Gasteiger partial charge in [-0.2, -0.15) is 5.10 Å². The summed E-state index contributed by atoms with van der Waals surface area (Å²) < 4.78 is 0. The van der Waals surface area contributed by atoms with Gasteiger partial charge in [0, 0.05) is 25.5 Å². The van der Waals surface area contributed by atoms with Gasteiger partial charge in [0.1, 0.15) is 0 Å². The Labute approximate surface area is 93.4 Å². The largest absolute Gasteiger partial charge is 0.301 e. The molecule has 0 amide bonds. The molecular weight excluding hydrogens is 186 g/mol. The van der Waals surface area contributed by atoms with Crippen LogP contribution in [0.5, 0.6) is 0 Å². The molecule has 0 spiro atoms. The second kappa shape index (κ2) is 6.62. The zero-order chi connectivity index (χ0) is 11.1. The highest BCUT2D eigenvalue weighted by Gasteiger charge is 2.15. The Bertz CT molecular complexity index is 213. The van der Waals surface area contributed by atoms with Crippen molar-refractivity contribution >= 4 is 6.21 Å². The molecule has 0 aromatic carbocycles. The Morgan fingerprint density at radius 1 is 1.60 bits per heavy atom. The van der Waals surface area contributed by atoms with E-state index in [1.54, 1.807) is 12.4 Å².